The normalized spacial score (nSPS) is 10.8. The van der Waals surface area contributed by atoms with Crippen molar-refractivity contribution in [3.63, 3.8) is 0 Å². The average molecular weight is 218 g/mol. The summed E-state index contributed by atoms with van der Waals surface area (Å²) in [6, 6.07) is 5.66. The number of rotatable bonds is 3. The van der Waals surface area contributed by atoms with Gasteiger partial charge < -0.3 is 4.74 Å². The summed E-state index contributed by atoms with van der Waals surface area (Å²) in [6.07, 6.45) is 0. The zero-order chi connectivity index (χ0) is 9.90. The first-order chi connectivity index (χ1) is 6.05. The van der Waals surface area contributed by atoms with Crippen LogP contribution in [-0.2, 0) is 10.1 Å². The highest BCUT2D eigenvalue weighted by Gasteiger charge is 2.14. The zero-order valence-electron chi connectivity index (χ0n) is 6.38. The third-order valence-electron chi connectivity index (χ3n) is 1.30. The predicted molar refractivity (Wildman–Crippen MR) is 50.5 cm³/mol. The molecule has 70 valence electrons. The summed E-state index contributed by atoms with van der Waals surface area (Å²) in [7, 11) is -4.25. The standard InChI is InChI=1S/C7H6O4S2/c8-13(9,10)7-4-2-1-3-6(7)11-5-12/h1-5H,(H,8,9,10). The molecule has 0 amide bonds. The number of hydrogen-bond donors (Lipinski definition) is 1. The van der Waals surface area contributed by atoms with Crippen LogP contribution >= 0.6 is 12.2 Å². The van der Waals surface area contributed by atoms with Gasteiger partial charge in [-0.25, -0.2) is 0 Å². The second-order valence-electron chi connectivity index (χ2n) is 2.14. The van der Waals surface area contributed by atoms with Gasteiger partial charge in [-0.1, -0.05) is 12.1 Å². The van der Waals surface area contributed by atoms with E-state index in [0.29, 0.717) is 0 Å². The maximum atomic E-state index is 10.8. The molecule has 0 saturated carbocycles. The Hall–Kier alpha value is -0.980. The third-order valence-corrected chi connectivity index (χ3v) is 2.29. The van der Waals surface area contributed by atoms with E-state index in [9.17, 15) is 8.42 Å². The van der Waals surface area contributed by atoms with Gasteiger partial charge in [0.25, 0.3) is 10.1 Å². The molecule has 0 aromatic heterocycles. The minimum atomic E-state index is -4.25. The smallest absolute Gasteiger partial charge is 0.298 e. The summed E-state index contributed by atoms with van der Waals surface area (Å²) in [5.41, 5.74) is 0.921. The van der Waals surface area contributed by atoms with E-state index in [4.69, 9.17) is 9.29 Å². The van der Waals surface area contributed by atoms with Crippen molar-refractivity contribution in [2.24, 2.45) is 0 Å². The lowest BCUT2D eigenvalue weighted by Gasteiger charge is -2.03. The van der Waals surface area contributed by atoms with Gasteiger partial charge in [0.1, 0.15) is 10.6 Å². The second-order valence-corrected chi connectivity index (χ2v) is 3.72. The molecule has 0 bridgehead atoms. The van der Waals surface area contributed by atoms with Gasteiger partial charge in [-0.05, 0) is 24.4 Å². The highest BCUT2D eigenvalue weighted by molar-refractivity contribution is 7.86. The average Bonchev–Trinajstić information content (AvgIpc) is 2.04. The van der Waals surface area contributed by atoms with Gasteiger partial charge in [-0.3, -0.25) is 4.55 Å². The van der Waals surface area contributed by atoms with E-state index in [0.717, 1.165) is 5.55 Å². The quantitative estimate of drug-likeness (QED) is 0.611. The zero-order valence-corrected chi connectivity index (χ0v) is 8.01. The van der Waals surface area contributed by atoms with Gasteiger partial charge in [0.15, 0.2) is 5.55 Å². The summed E-state index contributed by atoms with van der Waals surface area (Å²) < 4.78 is 35.0. The third kappa shape index (κ3) is 2.48. The highest BCUT2D eigenvalue weighted by Crippen LogP contribution is 2.22. The van der Waals surface area contributed by atoms with E-state index in [1.54, 1.807) is 6.07 Å². The van der Waals surface area contributed by atoms with Gasteiger partial charge in [-0.2, -0.15) is 8.42 Å². The summed E-state index contributed by atoms with van der Waals surface area (Å²) in [5.74, 6) is 0.0139. The maximum absolute atomic E-state index is 10.8. The first kappa shape index (κ1) is 10.1. The molecule has 1 N–H and O–H groups in total. The molecule has 0 aliphatic heterocycles. The molecule has 6 heteroatoms. The van der Waals surface area contributed by atoms with Crippen molar-refractivity contribution in [3.8, 4) is 5.75 Å². The first-order valence-electron chi connectivity index (χ1n) is 3.22. The highest BCUT2D eigenvalue weighted by atomic mass is 32.2. The SMILES string of the molecule is O=S(=O)(O)c1ccccc1OC=S. The number of hydrogen-bond acceptors (Lipinski definition) is 4. The van der Waals surface area contributed by atoms with Crippen LogP contribution in [0.3, 0.4) is 0 Å². The molecule has 1 rings (SSSR count). The van der Waals surface area contributed by atoms with Crippen LogP contribution in [0.15, 0.2) is 29.2 Å². The first-order valence-corrected chi connectivity index (χ1v) is 5.13. The Morgan fingerprint density at radius 1 is 1.38 bits per heavy atom. The fraction of sp³-hybridized carbons (Fsp3) is 0. The number of para-hydroxylation sites is 1. The van der Waals surface area contributed by atoms with Crippen LogP contribution in [0.5, 0.6) is 5.75 Å². The predicted octanol–water partition coefficient (Wildman–Crippen LogP) is 1.27. The van der Waals surface area contributed by atoms with Crippen LogP contribution in [-0.4, -0.2) is 18.5 Å². The van der Waals surface area contributed by atoms with Crippen molar-refractivity contribution in [3.05, 3.63) is 24.3 Å². The Morgan fingerprint density at radius 3 is 2.54 bits per heavy atom. The van der Waals surface area contributed by atoms with Gasteiger partial charge >= 0.3 is 0 Å². The van der Waals surface area contributed by atoms with E-state index in [1.807, 2.05) is 0 Å². The van der Waals surface area contributed by atoms with Crippen molar-refractivity contribution in [2.75, 3.05) is 0 Å². The van der Waals surface area contributed by atoms with E-state index in [2.05, 4.69) is 12.2 Å². The molecule has 0 atom stereocenters. The molecule has 0 fully saturated rings. The van der Waals surface area contributed by atoms with Crippen molar-refractivity contribution >= 4 is 27.9 Å². The largest absolute Gasteiger partial charge is 0.452 e. The molecular formula is C7H6O4S2. The van der Waals surface area contributed by atoms with Crippen LogP contribution in [0.2, 0.25) is 0 Å². The van der Waals surface area contributed by atoms with Gasteiger partial charge in [0, 0.05) is 0 Å². The van der Waals surface area contributed by atoms with Gasteiger partial charge in [0.05, 0.1) is 0 Å². The lowest BCUT2D eigenvalue weighted by Crippen LogP contribution is -2.01. The van der Waals surface area contributed by atoms with Crippen molar-refractivity contribution < 1.29 is 17.7 Å². The van der Waals surface area contributed by atoms with Crippen molar-refractivity contribution in [1.29, 1.82) is 0 Å². The van der Waals surface area contributed by atoms with Crippen LogP contribution in [0.1, 0.15) is 0 Å². The topological polar surface area (TPSA) is 63.6 Å². The molecule has 0 aliphatic rings. The Bertz CT molecular complexity index is 410. The summed E-state index contributed by atoms with van der Waals surface area (Å²) in [6.45, 7) is 0. The van der Waals surface area contributed by atoms with Crippen LogP contribution in [0, 0.1) is 0 Å². The van der Waals surface area contributed by atoms with Crippen molar-refractivity contribution in [1.82, 2.24) is 0 Å². The van der Waals surface area contributed by atoms with Crippen molar-refractivity contribution in [2.45, 2.75) is 4.90 Å². The second kappa shape index (κ2) is 3.82. The fourth-order valence-corrected chi connectivity index (χ4v) is 1.54. The Balaban J connectivity index is 3.28. The fourth-order valence-electron chi connectivity index (χ4n) is 0.812. The van der Waals surface area contributed by atoms with Crippen LogP contribution in [0.25, 0.3) is 0 Å². The molecule has 13 heavy (non-hydrogen) atoms. The minimum Gasteiger partial charge on any atom is -0.452 e. The number of thiocarbonyl (C=S) groups is 1. The number of benzene rings is 1. The Morgan fingerprint density at radius 2 is 2.00 bits per heavy atom. The molecule has 0 heterocycles. The summed E-state index contributed by atoms with van der Waals surface area (Å²) >= 11 is 4.39. The molecular weight excluding hydrogens is 212 g/mol. The van der Waals surface area contributed by atoms with Gasteiger partial charge in [-0.15, -0.1) is 0 Å². The molecule has 0 spiro atoms. The Labute approximate surface area is 80.9 Å². The molecule has 1 aromatic carbocycles. The Kier molecular flexibility index (Phi) is 2.97. The summed E-state index contributed by atoms with van der Waals surface area (Å²) in [4.78, 5) is -0.295. The maximum Gasteiger partial charge on any atom is 0.298 e. The lowest BCUT2D eigenvalue weighted by molar-refractivity contribution is 0.475. The molecule has 1 aromatic rings. The van der Waals surface area contributed by atoms with E-state index >= 15 is 0 Å². The molecule has 0 saturated heterocycles. The monoisotopic (exact) mass is 218 g/mol. The number of ether oxygens (including phenoxy) is 1. The van der Waals surface area contributed by atoms with E-state index in [-0.39, 0.29) is 10.6 Å². The molecule has 0 radical (unpaired) electrons. The molecule has 0 aliphatic carbocycles. The molecule has 4 nitrogen and oxygen atoms in total. The molecule has 0 unspecified atom stereocenters. The van der Waals surface area contributed by atoms with E-state index < -0.39 is 10.1 Å². The van der Waals surface area contributed by atoms with E-state index in [1.165, 1.54) is 18.2 Å². The van der Waals surface area contributed by atoms with Crippen LogP contribution in [0.4, 0.5) is 0 Å². The summed E-state index contributed by atoms with van der Waals surface area (Å²) in [5, 5.41) is 0. The van der Waals surface area contributed by atoms with Gasteiger partial charge in [0.2, 0.25) is 0 Å². The minimum absolute atomic E-state index is 0.0139. The van der Waals surface area contributed by atoms with Crippen LogP contribution < -0.4 is 4.74 Å². The lowest BCUT2D eigenvalue weighted by atomic mass is 10.3.